The van der Waals surface area contributed by atoms with E-state index in [0.717, 1.165) is 19.3 Å². The molecule has 1 aliphatic heterocycles. The Morgan fingerprint density at radius 2 is 2.10 bits per heavy atom. The summed E-state index contributed by atoms with van der Waals surface area (Å²) in [7, 11) is 0. The zero-order valence-electron chi connectivity index (χ0n) is 11.0. The molecule has 2 aliphatic rings. The number of hydrazine groups is 1. The highest BCUT2D eigenvalue weighted by Crippen LogP contribution is 2.30. The minimum atomic E-state index is -0.488. The van der Waals surface area contributed by atoms with Gasteiger partial charge in [-0.25, -0.2) is 9.82 Å². The van der Waals surface area contributed by atoms with Crippen LogP contribution in [0.3, 0.4) is 0 Å². The molecule has 0 bridgehead atoms. The van der Waals surface area contributed by atoms with E-state index in [1.54, 1.807) is 0 Å². The highest BCUT2D eigenvalue weighted by Gasteiger charge is 2.40. The largest absolute Gasteiger partial charge is 0.325 e. The van der Waals surface area contributed by atoms with Crippen molar-refractivity contribution >= 4 is 23.2 Å². The van der Waals surface area contributed by atoms with Gasteiger partial charge in [0, 0.05) is 17.6 Å². The number of carbonyl (C=O) groups is 1. The topological polar surface area (TPSA) is 53.2 Å². The van der Waals surface area contributed by atoms with Gasteiger partial charge in [-0.15, -0.1) is 0 Å². The van der Waals surface area contributed by atoms with Crippen LogP contribution < -0.4 is 16.2 Å². The summed E-state index contributed by atoms with van der Waals surface area (Å²) >= 11 is 5.71. The minimum Gasteiger partial charge on any atom is -0.325 e. The molecule has 4 nitrogen and oxygen atoms in total. The molecule has 1 saturated heterocycles. The molecule has 3 N–H and O–H groups in total. The van der Waals surface area contributed by atoms with Crippen molar-refractivity contribution in [2.75, 3.05) is 5.32 Å². The molecule has 1 heterocycles. The van der Waals surface area contributed by atoms with E-state index in [4.69, 9.17) is 11.6 Å². The summed E-state index contributed by atoms with van der Waals surface area (Å²) in [6.45, 7) is 0. The minimum absolute atomic E-state index is 0.0100. The number of anilines is 1. The SMILES string of the molecule is O=C(Nc1ccc(F)c(Cl)c1)C1NNC2CCCCC21. The van der Waals surface area contributed by atoms with Crippen LogP contribution in [0.15, 0.2) is 18.2 Å². The van der Waals surface area contributed by atoms with Crippen LogP contribution in [-0.4, -0.2) is 18.0 Å². The first-order valence-electron chi connectivity index (χ1n) is 6.92. The standard InChI is InChI=1S/C14H17ClFN3O/c15-10-7-8(5-6-11(10)16)17-14(20)13-9-3-1-2-4-12(9)18-19-13/h5-7,9,12-13,18-19H,1-4H2,(H,17,20). The molecule has 1 amide bonds. The van der Waals surface area contributed by atoms with E-state index in [1.165, 1.54) is 24.6 Å². The van der Waals surface area contributed by atoms with Crippen molar-refractivity contribution in [2.45, 2.75) is 37.8 Å². The van der Waals surface area contributed by atoms with Crippen LogP contribution in [0.2, 0.25) is 5.02 Å². The smallest absolute Gasteiger partial charge is 0.243 e. The van der Waals surface area contributed by atoms with Crippen LogP contribution in [-0.2, 0) is 4.79 Å². The Labute approximate surface area is 122 Å². The number of fused-ring (bicyclic) bond motifs is 1. The second kappa shape index (κ2) is 5.68. The van der Waals surface area contributed by atoms with E-state index < -0.39 is 5.82 Å². The molecule has 1 aliphatic carbocycles. The van der Waals surface area contributed by atoms with Gasteiger partial charge in [-0.2, -0.15) is 0 Å². The molecule has 108 valence electrons. The van der Waals surface area contributed by atoms with Gasteiger partial charge in [0.1, 0.15) is 11.9 Å². The summed E-state index contributed by atoms with van der Waals surface area (Å²) < 4.78 is 13.1. The fourth-order valence-corrected chi connectivity index (χ4v) is 3.28. The average molecular weight is 298 g/mol. The summed E-state index contributed by atoms with van der Waals surface area (Å²) in [4.78, 5) is 12.3. The normalized spacial score (nSPS) is 29.0. The maximum absolute atomic E-state index is 13.1. The summed E-state index contributed by atoms with van der Waals surface area (Å²) in [5, 5.41) is 2.80. The third-order valence-corrected chi connectivity index (χ3v) is 4.43. The van der Waals surface area contributed by atoms with Gasteiger partial charge in [-0.1, -0.05) is 24.4 Å². The van der Waals surface area contributed by atoms with Crippen molar-refractivity contribution in [1.29, 1.82) is 0 Å². The first-order valence-corrected chi connectivity index (χ1v) is 7.30. The average Bonchev–Trinajstić information content (AvgIpc) is 2.87. The molecule has 3 atom stereocenters. The molecule has 6 heteroatoms. The molecular formula is C14H17ClFN3O. The molecule has 1 saturated carbocycles. The van der Waals surface area contributed by atoms with E-state index in [-0.39, 0.29) is 17.0 Å². The molecular weight excluding hydrogens is 281 g/mol. The quantitative estimate of drug-likeness (QED) is 0.786. The Morgan fingerprint density at radius 3 is 2.90 bits per heavy atom. The molecule has 3 unspecified atom stereocenters. The molecule has 3 rings (SSSR count). The molecule has 0 aromatic heterocycles. The number of carbonyl (C=O) groups excluding carboxylic acids is 1. The first-order chi connectivity index (χ1) is 9.65. The van der Waals surface area contributed by atoms with Crippen LogP contribution in [0, 0.1) is 11.7 Å². The van der Waals surface area contributed by atoms with Gasteiger partial charge >= 0.3 is 0 Å². The predicted octanol–water partition coefficient (Wildman–Crippen LogP) is 2.45. The monoisotopic (exact) mass is 297 g/mol. The van der Waals surface area contributed by atoms with E-state index in [9.17, 15) is 9.18 Å². The lowest BCUT2D eigenvalue weighted by Crippen LogP contribution is -2.42. The van der Waals surface area contributed by atoms with Gasteiger partial charge in [0.2, 0.25) is 5.91 Å². The Kier molecular flexibility index (Phi) is 3.92. The second-order valence-corrected chi connectivity index (χ2v) is 5.85. The van der Waals surface area contributed by atoms with Crippen molar-refractivity contribution in [3.8, 4) is 0 Å². The highest BCUT2D eigenvalue weighted by molar-refractivity contribution is 6.31. The zero-order valence-corrected chi connectivity index (χ0v) is 11.7. The maximum Gasteiger partial charge on any atom is 0.243 e. The van der Waals surface area contributed by atoms with Gasteiger partial charge in [0.05, 0.1) is 5.02 Å². The zero-order chi connectivity index (χ0) is 14.1. The third kappa shape index (κ3) is 2.66. The van der Waals surface area contributed by atoms with Crippen molar-refractivity contribution in [3.63, 3.8) is 0 Å². The fourth-order valence-electron chi connectivity index (χ4n) is 3.10. The molecule has 20 heavy (non-hydrogen) atoms. The molecule has 0 radical (unpaired) electrons. The van der Waals surface area contributed by atoms with Gasteiger partial charge in [0.25, 0.3) is 0 Å². The van der Waals surface area contributed by atoms with Gasteiger partial charge in [0.15, 0.2) is 0 Å². The van der Waals surface area contributed by atoms with Crippen LogP contribution in [0.1, 0.15) is 25.7 Å². The predicted molar refractivity (Wildman–Crippen MR) is 75.8 cm³/mol. The van der Waals surface area contributed by atoms with Crippen LogP contribution >= 0.6 is 11.6 Å². The van der Waals surface area contributed by atoms with Crippen LogP contribution in [0.25, 0.3) is 0 Å². The Morgan fingerprint density at radius 1 is 1.30 bits per heavy atom. The first kappa shape index (κ1) is 13.8. The lowest BCUT2D eigenvalue weighted by atomic mass is 9.81. The van der Waals surface area contributed by atoms with E-state index in [1.807, 2.05) is 0 Å². The Bertz CT molecular complexity index is 525. The van der Waals surface area contributed by atoms with Crippen molar-refractivity contribution in [1.82, 2.24) is 10.9 Å². The lowest BCUT2D eigenvalue weighted by molar-refractivity contribution is -0.118. The van der Waals surface area contributed by atoms with Crippen molar-refractivity contribution < 1.29 is 9.18 Å². The van der Waals surface area contributed by atoms with Crippen molar-refractivity contribution in [2.24, 2.45) is 5.92 Å². The molecule has 1 aromatic carbocycles. The number of halogens is 2. The third-order valence-electron chi connectivity index (χ3n) is 4.14. The summed E-state index contributed by atoms with van der Waals surface area (Å²) in [6, 6.07) is 4.32. The number of amides is 1. The number of nitrogens with one attached hydrogen (secondary N) is 3. The number of hydrogen-bond acceptors (Lipinski definition) is 3. The second-order valence-electron chi connectivity index (χ2n) is 5.44. The Hall–Kier alpha value is -1.17. The summed E-state index contributed by atoms with van der Waals surface area (Å²) in [6.07, 6.45) is 4.52. The maximum atomic E-state index is 13.1. The highest BCUT2D eigenvalue weighted by atomic mass is 35.5. The van der Waals surface area contributed by atoms with Crippen LogP contribution in [0.4, 0.5) is 10.1 Å². The molecule has 2 fully saturated rings. The van der Waals surface area contributed by atoms with E-state index >= 15 is 0 Å². The van der Waals surface area contributed by atoms with E-state index in [2.05, 4.69) is 16.2 Å². The van der Waals surface area contributed by atoms with E-state index in [0.29, 0.717) is 17.6 Å². The molecule has 1 aromatic rings. The number of rotatable bonds is 2. The molecule has 0 spiro atoms. The van der Waals surface area contributed by atoms with Gasteiger partial charge in [-0.05, 0) is 31.0 Å². The number of benzene rings is 1. The summed E-state index contributed by atoms with van der Waals surface area (Å²) in [5.74, 6) is -0.271. The number of hydrogen-bond donors (Lipinski definition) is 3. The summed E-state index contributed by atoms with van der Waals surface area (Å²) in [5.41, 5.74) is 6.79. The van der Waals surface area contributed by atoms with Gasteiger partial charge < -0.3 is 5.32 Å². The Balaban J connectivity index is 1.68. The lowest BCUT2D eigenvalue weighted by Gasteiger charge is -2.26. The fraction of sp³-hybridized carbons (Fsp3) is 0.500. The van der Waals surface area contributed by atoms with Gasteiger partial charge in [-0.3, -0.25) is 10.2 Å². The van der Waals surface area contributed by atoms with Crippen LogP contribution in [0.5, 0.6) is 0 Å². The van der Waals surface area contributed by atoms with Crippen molar-refractivity contribution in [3.05, 3.63) is 29.0 Å².